The van der Waals surface area contributed by atoms with Crippen molar-refractivity contribution < 1.29 is 9.52 Å². The topological polar surface area (TPSA) is 101 Å². The summed E-state index contributed by atoms with van der Waals surface area (Å²) in [7, 11) is 0. The van der Waals surface area contributed by atoms with E-state index in [1.54, 1.807) is 12.6 Å². The van der Waals surface area contributed by atoms with Gasteiger partial charge in [-0.25, -0.2) is 4.99 Å². The van der Waals surface area contributed by atoms with Crippen molar-refractivity contribution in [3.05, 3.63) is 36.3 Å². The van der Waals surface area contributed by atoms with Crippen molar-refractivity contribution in [3.8, 4) is 0 Å². The minimum absolute atomic E-state index is 0.161. The number of furan rings is 1. The van der Waals surface area contributed by atoms with Gasteiger partial charge in [-0.05, 0) is 37.8 Å². The molecular formula is C18H28N6O2. The van der Waals surface area contributed by atoms with Crippen molar-refractivity contribution >= 4 is 5.96 Å². The third-order valence-electron chi connectivity index (χ3n) is 4.67. The Morgan fingerprint density at radius 1 is 1.38 bits per heavy atom. The van der Waals surface area contributed by atoms with Crippen LogP contribution in [0.15, 0.2) is 34.1 Å². The highest BCUT2D eigenvalue weighted by Gasteiger charge is 2.20. The highest BCUT2D eigenvalue weighted by Crippen LogP contribution is 2.18. The molecule has 3 rings (SSSR count). The van der Waals surface area contributed by atoms with Crippen LogP contribution in [0.3, 0.4) is 0 Å². The first-order valence-corrected chi connectivity index (χ1v) is 9.36. The van der Waals surface area contributed by atoms with Crippen molar-refractivity contribution in [2.75, 3.05) is 6.54 Å². The zero-order valence-corrected chi connectivity index (χ0v) is 15.3. The van der Waals surface area contributed by atoms with Gasteiger partial charge in [0.05, 0.1) is 12.4 Å². The molecule has 2 aromatic heterocycles. The fraction of sp³-hybridized carbons (Fsp3) is 0.611. The third kappa shape index (κ3) is 5.32. The molecule has 8 nitrogen and oxygen atoms in total. The number of aliphatic hydroxyl groups excluding tert-OH is 1. The second-order valence-electron chi connectivity index (χ2n) is 6.61. The Balaban J connectivity index is 1.55. The predicted molar refractivity (Wildman–Crippen MR) is 98.6 cm³/mol. The molecule has 0 spiro atoms. The number of aliphatic hydroxyl groups is 1. The average Bonchev–Trinajstić information content (AvgIpc) is 3.32. The summed E-state index contributed by atoms with van der Waals surface area (Å²) in [5.74, 6) is 2.58. The van der Waals surface area contributed by atoms with Gasteiger partial charge >= 0.3 is 0 Å². The maximum Gasteiger partial charge on any atom is 0.191 e. The molecule has 1 aliphatic rings. The summed E-state index contributed by atoms with van der Waals surface area (Å²) in [6.07, 6.45) is 7.70. The Bertz CT molecular complexity index is 674. The van der Waals surface area contributed by atoms with Gasteiger partial charge in [-0.3, -0.25) is 0 Å². The molecule has 0 bridgehead atoms. The molecule has 3 N–H and O–H groups in total. The van der Waals surface area contributed by atoms with Gasteiger partial charge in [-0.1, -0.05) is 6.92 Å². The summed E-state index contributed by atoms with van der Waals surface area (Å²) in [5.41, 5.74) is 0. The maximum atomic E-state index is 9.69. The molecule has 0 aliphatic heterocycles. The SMILES string of the molecule is CCc1nncn1CCNC(=NCc1ccco1)NC1CCC(O)CC1. The lowest BCUT2D eigenvalue weighted by Gasteiger charge is -2.27. The van der Waals surface area contributed by atoms with Crippen LogP contribution in [0.5, 0.6) is 0 Å². The van der Waals surface area contributed by atoms with E-state index in [1.807, 2.05) is 16.7 Å². The molecule has 142 valence electrons. The zero-order chi connectivity index (χ0) is 18.2. The lowest BCUT2D eigenvalue weighted by atomic mass is 9.93. The van der Waals surface area contributed by atoms with Gasteiger partial charge in [0.15, 0.2) is 5.96 Å². The molecule has 0 atom stereocenters. The molecule has 0 aromatic carbocycles. The van der Waals surface area contributed by atoms with Gasteiger partial charge in [0.25, 0.3) is 0 Å². The van der Waals surface area contributed by atoms with Crippen molar-refractivity contribution in [2.24, 2.45) is 4.99 Å². The summed E-state index contributed by atoms with van der Waals surface area (Å²) in [5, 5.41) is 24.6. The fourth-order valence-corrected chi connectivity index (χ4v) is 3.16. The van der Waals surface area contributed by atoms with Crippen LogP contribution in [0.25, 0.3) is 0 Å². The Morgan fingerprint density at radius 3 is 2.96 bits per heavy atom. The first-order chi connectivity index (χ1) is 12.7. The molecular weight excluding hydrogens is 332 g/mol. The van der Waals surface area contributed by atoms with Crippen molar-refractivity contribution in [1.29, 1.82) is 0 Å². The van der Waals surface area contributed by atoms with E-state index < -0.39 is 0 Å². The monoisotopic (exact) mass is 360 g/mol. The minimum Gasteiger partial charge on any atom is -0.467 e. The second kappa shape index (κ2) is 9.38. The number of hydrogen-bond donors (Lipinski definition) is 3. The minimum atomic E-state index is -0.161. The van der Waals surface area contributed by atoms with E-state index in [1.165, 1.54) is 0 Å². The molecule has 0 saturated heterocycles. The number of aliphatic imine (C=N–C) groups is 1. The van der Waals surface area contributed by atoms with Crippen LogP contribution >= 0.6 is 0 Å². The molecule has 26 heavy (non-hydrogen) atoms. The number of hydrogen-bond acceptors (Lipinski definition) is 5. The van der Waals surface area contributed by atoms with Crippen molar-refractivity contribution in [3.63, 3.8) is 0 Å². The molecule has 2 heterocycles. The van der Waals surface area contributed by atoms with Crippen LogP contribution in [0.1, 0.15) is 44.2 Å². The van der Waals surface area contributed by atoms with E-state index in [0.29, 0.717) is 12.6 Å². The van der Waals surface area contributed by atoms with Crippen LogP contribution < -0.4 is 10.6 Å². The largest absolute Gasteiger partial charge is 0.467 e. The summed E-state index contributed by atoms with van der Waals surface area (Å²) in [4.78, 5) is 4.64. The first-order valence-electron chi connectivity index (χ1n) is 9.36. The second-order valence-corrected chi connectivity index (χ2v) is 6.61. The lowest BCUT2D eigenvalue weighted by molar-refractivity contribution is 0.120. The van der Waals surface area contributed by atoms with Gasteiger partial charge in [0.1, 0.15) is 24.5 Å². The van der Waals surface area contributed by atoms with Gasteiger partial charge in [-0.15, -0.1) is 10.2 Å². The van der Waals surface area contributed by atoms with E-state index in [2.05, 4.69) is 32.7 Å². The Morgan fingerprint density at radius 2 is 2.23 bits per heavy atom. The van der Waals surface area contributed by atoms with Gasteiger partial charge < -0.3 is 24.7 Å². The quantitative estimate of drug-likeness (QED) is 0.511. The number of aryl methyl sites for hydroxylation is 1. The first kappa shape index (κ1) is 18.4. The molecule has 0 radical (unpaired) electrons. The summed E-state index contributed by atoms with van der Waals surface area (Å²) >= 11 is 0. The van der Waals surface area contributed by atoms with E-state index in [-0.39, 0.29) is 6.10 Å². The standard InChI is InChI=1S/C18H28N6O2/c1-2-17-23-21-13-24(17)10-9-19-18(20-12-16-4-3-11-26-16)22-14-5-7-15(25)8-6-14/h3-4,11,13-15,25H,2,5-10,12H2,1H3,(H2,19,20,22). The van der Waals surface area contributed by atoms with Crippen LogP contribution in [0, 0.1) is 0 Å². The number of guanidine groups is 1. The number of nitrogens with zero attached hydrogens (tertiary/aromatic N) is 4. The normalized spacial score (nSPS) is 20.9. The van der Waals surface area contributed by atoms with Gasteiger partial charge in [-0.2, -0.15) is 0 Å². The zero-order valence-electron chi connectivity index (χ0n) is 15.3. The smallest absolute Gasteiger partial charge is 0.191 e. The molecule has 1 fully saturated rings. The Kier molecular flexibility index (Phi) is 6.65. The Hall–Kier alpha value is -2.35. The van der Waals surface area contributed by atoms with Crippen LogP contribution in [-0.4, -0.2) is 44.5 Å². The lowest BCUT2D eigenvalue weighted by Crippen LogP contribution is -2.46. The van der Waals surface area contributed by atoms with Crippen LogP contribution in [0.4, 0.5) is 0 Å². The molecule has 0 unspecified atom stereocenters. The van der Waals surface area contributed by atoms with Crippen LogP contribution in [-0.2, 0) is 19.5 Å². The number of rotatable bonds is 7. The molecule has 8 heteroatoms. The molecule has 0 amide bonds. The van der Waals surface area contributed by atoms with E-state index in [4.69, 9.17) is 4.42 Å². The van der Waals surface area contributed by atoms with Crippen molar-refractivity contribution in [2.45, 2.75) is 64.3 Å². The van der Waals surface area contributed by atoms with E-state index in [0.717, 1.165) is 62.7 Å². The average molecular weight is 360 g/mol. The number of nitrogens with one attached hydrogen (secondary N) is 2. The summed E-state index contributed by atoms with van der Waals surface area (Å²) in [6, 6.07) is 4.12. The maximum absolute atomic E-state index is 9.69. The summed E-state index contributed by atoms with van der Waals surface area (Å²) in [6.45, 7) is 4.07. The van der Waals surface area contributed by atoms with Crippen molar-refractivity contribution in [1.82, 2.24) is 25.4 Å². The third-order valence-corrected chi connectivity index (χ3v) is 4.67. The Labute approximate surface area is 153 Å². The van der Waals surface area contributed by atoms with Gasteiger partial charge in [0.2, 0.25) is 0 Å². The summed E-state index contributed by atoms with van der Waals surface area (Å²) < 4.78 is 7.41. The van der Waals surface area contributed by atoms with E-state index in [9.17, 15) is 5.11 Å². The highest BCUT2D eigenvalue weighted by atomic mass is 16.3. The predicted octanol–water partition coefficient (Wildman–Crippen LogP) is 1.47. The highest BCUT2D eigenvalue weighted by molar-refractivity contribution is 5.80. The van der Waals surface area contributed by atoms with E-state index >= 15 is 0 Å². The fourth-order valence-electron chi connectivity index (χ4n) is 3.16. The molecule has 1 aliphatic carbocycles. The van der Waals surface area contributed by atoms with Crippen LogP contribution in [0.2, 0.25) is 0 Å². The number of aromatic nitrogens is 3. The molecule has 1 saturated carbocycles. The molecule has 2 aromatic rings. The van der Waals surface area contributed by atoms with Gasteiger partial charge in [0, 0.05) is 25.6 Å².